The van der Waals surface area contributed by atoms with Crippen molar-refractivity contribution in [3.63, 3.8) is 0 Å². The SMILES string of the molecule is COCCN1C(=O)CCC12CCCN(Cc1ccccc1F)C2.O=C(O)C(F)(F)F.O=C(O)C(F)(F)F. The molecule has 210 valence electrons. The number of ether oxygens (including phenoxy) is 1. The van der Waals surface area contributed by atoms with Gasteiger partial charge >= 0.3 is 24.3 Å². The van der Waals surface area contributed by atoms with E-state index in [1.807, 2.05) is 17.0 Å². The van der Waals surface area contributed by atoms with Crippen LogP contribution in [0.25, 0.3) is 0 Å². The highest BCUT2D eigenvalue weighted by Crippen LogP contribution is 2.38. The number of amides is 1. The molecule has 2 fully saturated rings. The van der Waals surface area contributed by atoms with E-state index in [9.17, 15) is 35.5 Å². The Bertz CT molecular complexity index is 902. The molecule has 15 heteroatoms. The van der Waals surface area contributed by atoms with Gasteiger partial charge in [-0.1, -0.05) is 18.2 Å². The second-order valence-corrected chi connectivity index (χ2v) is 8.27. The summed E-state index contributed by atoms with van der Waals surface area (Å²) in [6, 6.07) is 6.96. The van der Waals surface area contributed by atoms with Crippen molar-refractivity contribution in [3.05, 3.63) is 35.6 Å². The van der Waals surface area contributed by atoms with E-state index in [0.717, 1.165) is 37.9 Å². The van der Waals surface area contributed by atoms with Crippen molar-refractivity contribution in [1.82, 2.24) is 9.80 Å². The Morgan fingerprint density at radius 3 is 2.05 bits per heavy atom. The first kappa shape index (κ1) is 32.1. The van der Waals surface area contributed by atoms with E-state index in [1.54, 1.807) is 13.2 Å². The molecule has 0 aromatic heterocycles. The molecule has 1 atom stereocenters. The van der Waals surface area contributed by atoms with Gasteiger partial charge in [-0.2, -0.15) is 26.3 Å². The molecule has 0 aliphatic carbocycles. The molecule has 3 rings (SSSR count). The van der Waals surface area contributed by atoms with Gasteiger partial charge in [0.15, 0.2) is 0 Å². The number of hydrogen-bond donors (Lipinski definition) is 2. The van der Waals surface area contributed by atoms with Gasteiger partial charge < -0.3 is 19.8 Å². The number of carbonyl (C=O) groups excluding carboxylic acids is 1. The van der Waals surface area contributed by atoms with Crippen LogP contribution in [0.4, 0.5) is 30.7 Å². The van der Waals surface area contributed by atoms with Gasteiger partial charge in [0.05, 0.1) is 12.1 Å². The van der Waals surface area contributed by atoms with Crippen LogP contribution in [-0.4, -0.2) is 89.1 Å². The van der Waals surface area contributed by atoms with E-state index in [1.165, 1.54) is 6.07 Å². The lowest BCUT2D eigenvalue weighted by molar-refractivity contribution is -0.193. The van der Waals surface area contributed by atoms with E-state index in [4.69, 9.17) is 24.5 Å². The normalized spacial score (nSPS) is 20.1. The number of halogens is 7. The fraction of sp³-hybridized carbons (Fsp3) is 0.591. The van der Waals surface area contributed by atoms with Crippen LogP contribution in [-0.2, 0) is 25.7 Å². The van der Waals surface area contributed by atoms with E-state index in [0.29, 0.717) is 26.1 Å². The molecule has 8 nitrogen and oxygen atoms in total. The van der Waals surface area contributed by atoms with Crippen LogP contribution in [0.2, 0.25) is 0 Å². The summed E-state index contributed by atoms with van der Waals surface area (Å²) in [4.78, 5) is 34.4. The summed E-state index contributed by atoms with van der Waals surface area (Å²) in [5, 5.41) is 14.2. The second kappa shape index (κ2) is 13.6. The Morgan fingerprint density at radius 2 is 1.57 bits per heavy atom. The van der Waals surface area contributed by atoms with Gasteiger partial charge in [-0.15, -0.1) is 0 Å². The fourth-order valence-corrected chi connectivity index (χ4v) is 4.05. The van der Waals surface area contributed by atoms with Gasteiger partial charge in [0, 0.05) is 38.7 Å². The number of carboxylic acid groups (broad SMARTS) is 2. The standard InChI is InChI=1S/C18H25FN2O2.2C2HF3O2/c1-23-12-11-21-17(22)7-9-18(21)8-4-10-20(14-18)13-15-5-2-3-6-16(15)19;2*3-2(4,5)1(6)7/h2-3,5-6H,4,7-14H2,1H3;2*(H,6,7). The van der Waals surface area contributed by atoms with Crippen molar-refractivity contribution in [2.45, 2.75) is 50.1 Å². The van der Waals surface area contributed by atoms with Crippen LogP contribution < -0.4 is 0 Å². The van der Waals surface area contributed by atoms with Crippen molar-refractivity contribution in [3.8, 4) is 0 Å². The summed E-state index contributed by atoms with van der Waals surface area (Å²) in [5.41, 5.74) is 0.649. The highest BCUT2D eigenvalue weighted by molar-refractivity contribution is 5.79. The number of hydrogen-bond acceptors (Lipinski definition) is 5. The van der Waals surface area contributed by atoms with Gasteiger partial charge in [-0.05, 0) is 31.9 Å². The summed E-state index contributed by atoms with van der Waals surface area (Å²) in [6.07, 6.45) is -6.55. The molecule has 2 aliphatic rings. The third kappa shape index (κ3) is 10.1. The molecule has 1 aromatic rings. The Hall–Kier alpha value is -2.94. The summed E-state index contributed by atoms with van der Waals surface area (Å²) in [5.74, 6) is -5.43. The lowest BCUT2D eigenvalue weighted by atomic mass is 9.86. The first-order chi connectivity index (χ1) is 17.0. The summed E-state index contributed by atoms with van der Waals surface area (Å²) in [7, 11) is 1.67. The summed E-state index contributed by atoms with van der Waals surface area (Å²) >= 11 is 0. The molecular weight excluding hydrogens is 521 g/mol. The van der Waals surface area contributed by atoms with E-state index < -0.39 is 24.3 Å². The molecule has 0 radical (unpaired) electrons. The van der Waals surface area contributed by atoms with Crippen molar-refractivity contribution in [2.24, 2.45) is 0 Å². The monoisotopic (exact) mass is 548 g/mol. The maximum Gasteiger partial charge on any atom is 0.490 e. The number of carbonyl (C=O) groups is 3. The third-order valence-corrected chi connectivity index (χ3v) is 5.67. The molecule has 2 heterocycles. The number of carboxylic acids is 2. The molecule has 1 aromatic carbocycles. The van der Waals surface area contributed by atoms with Crippen molar-refractivity contribution in [2.75, 3.05) is 33.4 Å². The zero-order chi connectivity index (χ0) is 28.4. The maximum atomic E-state index is 13.9. The number of nitrogens with zero attached hydrogens (tertiary/aromatic N) is 2. The number of benzene rings is 1. The van der Waals surface area contributed by atoms with Crippen molar-refractivity contribution >= 4 is 17.8 Å². The highest BCUT2D eigenvalue weighted by Gasteiger charge is 2.47. The lowest BCUT2D eigenvalue weighted by Gasteiger charge is -2.46. The number of piperidine rings is 1. The minimum absolute atomic E-state index is 0.0842. The lowest BCUT2D eigenvalue weighted by Crippen LogP contribution is -2.57. The number of aliphatic carboxylic acids is 2. The number of methoxy groups -OCH3 is 1. The number of likely N-dealkylation sites (tertiary alicyclic amines) is 2. The minimum atomic E-state index is -5.08. The highest BCUT2D eigenvalue weighted by atomic mass is 19.4. The largest absolute Gasteiger partial charge is 0.490 e. The van der Waals surface area contributed by atoms with Crippen LogP contribution in [0.15, 0.2) is 24.3 Å². The Kier molecular flexibility index (Phi) is 11.8. The first-order valence-corrected chi connectivity index (χ1v) is 10.9. The average molecular weight is 548 g/mol. The maximum absolute atomic E-state index is 13.9. The second-order valence-electron chi connectivity index (χ2n) is 8.27. The van der Waals surface area contributed by atoms with Crippen molar-refractivity contribution in [1.29, 1.82) is 0 Å². The molecule has 1 amide bonds. The van der Waals surface area contributed by atoms with E-state index in [-0.39, 0.29) is 17.3 Å². The molecule has 2 saturated heterocycles. The molecule has 0 saturated carbocycles. The molecule has 1 unspecified atom stereocenters. The molecule has 0 bridgehead atoms. The number of rotatable bonds is 5. The van der Waals surface area contributed by atoms with E-state index in [2.05, 4.69) is 4.90 Å². The van der Waals surface area contributed by atoms with Crippen LogP contribution in [0.3, 0.4) is 0 Å². The molecule has 2 aliphatic heterocycles. The van der Waals surface area contributed by atoms with E-state index >= 15 is 0 Å². The van der Waals surface area contributed by atoms with Gasteiger partial charge in [0.25, 0.3) is 0 Å². The van der Waals surface area contributed by atoms with Crippen LogP contribution >= 0.6 is 0 Å². The Labute approximate surface area is 207 Å². The summed E-state index contributed by atoms with van der Waals surface area (Å²) < 4.78 is 82.6. The fourth-order valence-electron chi connectivity index (χ4n) is 4.05. The molecule has 1 spiro atoms. The molecular formula is C22H27F7N2O6. The Morgan fingerprint density at radius 1 is 1.03 bits per heavy atom. The smallest absolute Gasteiger partial charge is 0.475 e. The van der Waals surface area contributed by atoms with Crippen LogP contribution in [0.1, 0.15) is 31.2 Å². The predicted octanol–water partition coefficient (Wildman–Crippen LogP) is 3.70. The van der Waals surface area contributed by atoms with Gasteiger partial charge in [0.2, 0.25) is 5.91 Å². The zero-order valence-corrected chi connectivity index (χ0v) is 19.7. The quantitative estimate of drug-likeness (QED) is 0.541. The van der Waals surface area contributed by atoms with Crippen molar-refractivity contribution < 1.29 is 60.1 Å². The van der Waals surface area contributed by atoms with Crippen LogP contribution in [0, 0.1) is 5.82 Å². The topological polar surface area (TPSA) is 107 Å². The van der Waals surface area contributed by atoms with Crippen LogP contribution in [0.5, 0.6) is 0 Å². The number of alkyl halides is 6. The summed E-state index contributed by atoms with van der Waals surface area (Å²) in [6.45, 7) is 3.63. The zero-order valence-electron chi connectivity index (χ0n) is 19.7. The van der Waals surface area contributed by atoms with Gasteiger partial charge in [0.1, 0.15) is 5.82 Å². The predicted molar refractivity (Wildman–Crippen MR) is 114 cm³/mol. The average Bonchev–Trinajstić information content (AvgIpc) is 3.08. The third-order valence-electron chi connectivity index (χ3n) is 5.67. The van der Waals surface area contributed by atoms with Gasteiger partial charge in [-0.25, -0.2) is 14.0 Å². The Balaban J connectivity index is 0.000000404. The minimum Gasteiger partial charge on any atom is -0.475 e. The van der Waals surface area contributed by atoms with Gasteiger partial charge in [-0.3, -0.25) is 9.69 Å². The molecule has 2 N–H and O–H groups in total. The molecule has 37 heavy (non-hydrogen) atoms. The first-order valence-electron chi connectivity index (χ1n) is 10.9.